The van der Waals surface area contributed by atoms with E-state index in [1.54, 1.807) is 12.1 Å². The molecular formula is C21H18ClN3O3S. The van der Waals surface area contributed by atoms with E-state index < -0.39 is 4.92 Å². The molecule has 2 aromatic carbocycles. The minimum atomic E-state index is -0.420. The number of halogens is 1. The van der Waals surface area contributed by atoms with Crippen LogP contribution < -0.4 is 4.90 Å². The van der Waals surface area contributed by atoms with Crippen LogP contribution in [0.15, 0.2) is 65.1 Å². The number of rotatable bonds is 4. The monoisotopic (exact) mass is 427 g/mol. The summed E-state index contributed by atoms with van der Waals surface area (Å²) in [4.78, 5) is 15.5. The lowest BCUT2D eigenvalue weighted by molar-refractivity contribution is -0.384. The zero-order valence-electron chi connectivity index (χ0n) is 15.5. The van der Waals surface area contributed by atoms with Gasteiger partial charge >= 0.3 is 0 Å². The SMILES string of the molecule is O=[N+]([O-])c1ccc(-c2ccc(C(=S)N3CCN(c4ccc(Cl)cc4)CC3)o2)cc1. The van der Waals surface area contributed by atoms with Crippen LogP contribution in [0.4, 0.5) is 11.4 Å². The molecule has 0 radical (unpaired) electrons. The second-order valence-corrected chi connectivity index (χ2v) is 7.55. The van der Waals surface area contributed by atoms with Crippen LogP contribution >= 0.6 is 23.8 Å². The Balaban J connectivity index is 1.40. The Morgan fingerprint density at radius 2 is 1.62 bits per heavy atom. The lowest BCUT2D eigenvalue weighted by Crippen LogP contribution is -2.48. The number of piperazine rings is 1. The van der Waals surface area contributed by atoms with Crippen LogP contribution in [0.25, 0.3) is 11.3 Å². The van der Waals surface area contributed by atoms with Crippen molar-refractivity contribution in [3.05, 3.63) is 81.6 Å². The fourth-order valence-corrected chi connectivity index (χ4v) is 3.75. The van der Waals surface area contributed by atoms with Crippen molar-refractivity contribution in [3.63, 3.8) is 0 Å². The molecule has 4 rings (SSSR count). The van der Waals surface area contributed by atoms with Crippen LogP contribution in [-0.2, 0) is 0 Å². The summed E-state index contributed by atoms with van der Waals surface area (Å²) >= 11 is 11.6. The Labute approximate surface area is 178 Å². The Kier molecular flexibility index (Phi) is 5.51. The maximum absolute atomic E-state index is 10.8. The van der Waals surface area contributed by atoms with Crippen LogP contribution in [0, 0.1) is 10.1 Å². The predicted octanol–water partition coefficient (Wildman–Crippen LogP) is 5.01. The fraction of sp³-hybridized carbons (Fsp3) is 0.190. The summed E-state index contributed by atoms with van der Waals surface area (Å²) in [6.07, 6.45) is 0. The van der Waals surface area contributed by atoms with E-state index >= 15 is 0 Å². The van der Waals surface area contributed by atoms with Crippen LogP contribution in [-0.4, -0.2) is 41.0 Å². The molecular weight excluding hydrogens is 410 g/mol. The second kappa shape index (κ2) is 8.23. The average Bonchev–Trinajstić information content (AvgIpc) is 3.24. The summed E-state index contributed by atoms with van der Waals surface area (Å²) in [7, 11) is 0. The van der Waals surface area contributed by atoms with Gasteiger partial charge in [0.05, 0.1) is 4.92 Å². The van der Waals surface area contributed by atoms with Crippen molar-refractivity contribution in [2.45, 2.75) is 0 Å². The number of benzene rings is 2. The number of thiocarbonyl (C=S) groups is 1. The lowest BCUT2D eigenvalue weighted by atomic mass is 10.1. The third kappa shape index (κ3) is 4.26. The van der Waals surface area contributed by atoms with Crippen molar-refractivity contribution in [2.24, 2.45) is 0 Å². The highest BCUT2D eigenvalue weighted by molar-refractivity contribution is 7.80. The predicted molar refractivity (Wildman–Crippen MR) is 118 cm³/mol. The van der Waals surface area contributed by atoms with Gasteiger partial charge in [0, 0.05) is 54.6 Å². The molecule has 0 aliphatic carbocycles. The molecule has 0 atom stereocenters. The van der Waals surface area contributed by atoms with Gasteiger partial charge in [0.25, 0.3) is 5.69 Å². The topological polar surface area (TPSA) is 62.8 Å². The molecule has 1 fully saturated rings. The van der Waals surface area contributed by atoms with Crippen LogP contribution in [0.2, 0.25) is 5.02 Å². The first-order chi connectivity index (χ1) is 14.0. The summed E-state index contributed by atoms with van der Waals surface area (Å²) in [5.41, 5.74) is 1.98. The summed E-state index contributed by atoms with van der Waals surface area (Å²) in [5.74, 6) is 1.27. The van der Waals surface area contributed by atoms with E-state index in [9.17, 15) is 10.1 Å². The highest BCUT2D eigenvalue weighted by Gasteiger charge is 2.22. The molecule has 0 unspecified atom stereocenters. The Morgan fingerprint density at radius 1 is 0.966 bits per heavy atom. The highest BCUT2D eigenvalue weighted by atomic mass is 35.5. The van der Waals surface area contributed by atoms with Crippen molar-refractivity contribution in [2.75, 3.05) is 31.1 Å². The normalized spacial score (nSPS) is 14.1. The third-order valence-electron chi connectivity index (χ3n) is 4.94. The standard InChI is InChI=1S/C21H18ClN3O3S/c22-16-3-7-17(8-4-16)23-11-13-24(14-12-23)21(29)20-10-9-19(28-20)15-1-5-18(6-2-15)25(26)27/h1-10H,11-14H2. The van der Waals surface area contributed by atoms with Crippen molar-refractivity contribution in [1.82, 2.24) is 4.90 Å². The molecule has 8 heteroatoms. The van der Waals surface area contributed by atoms with Crippen LogP contribution in [0.1, 0.15) is 5.76 Å². The molecule has 0 saturated carbocycles. The van der Waals surface area contributed by atoms with Crippen molar-refractivity contribution < 1.29 is 9.34 Å². The van der Waals surface area contributed by atoms with Gasteiger partial charge < -0.3 is 14.2 Å². The van der Waals surface area contributed by atoms with E-state index in [1.165, 1.54) is 12.1 Å². The number of furan rings is 1. The van der Waals surface area contributed by atoms with Gasteiger partial charge in [0.15, 0.2) is 5.76 Å². The van der Waals surface area contributed by atoms with Gasteiger partial charge in [0.1, 0.15) is 10.7 Å². The number of hydrogen-bond donors (Lipinski definition) is 0. The molecule has 3 aromatic rings. The first-order valence-corrected chi connectivity index (χ1v) is 9.94. The fourth-order valence-electron chi connectivity index (χ4n) is 3.33. The smallest absolute Gasteiger partial charge is 0.269 e. The number of nitro groups is 1. The van der Waals surface area contributed by atoms with E-state index in [2.05, 4.69) is 9.80 Å². The first kappa shape index (κ1) is 19.4. The largest absolute Gasteiger partial charge is 0.454 e. The number of nitro benzene ring substituents is 1. The highest BCUT2D eigenvalue weighted by Crippen LogP contribution is 2.26. The Morgan fingerprint density at radius 3 is 2.24 bits per heavy atom. The Bertz CT molecular complexity index is 1030. The van der Waals surface area contributed by atoms with Gasteiger partial charge in [-0.25, -0.2) is 0 Å². The Hall–Kier alpha value is -2.90. The lowest BCUT2D eigenvalue weighted by Gasteiger charge is -2.37. The molecule has 1 aromatic heterocycles. The molecule has 1 saturated heterocycles. The zero-order chi connectivity index (χ0) is 20.4. The summed E-state index contributed by atoms with van der Waals surface area (Å²) in [6, 6.07) is 17.8. The molecule has 0 amide bonds. The number of nitrogens with zero attached hydrogens (tertiary/aromatic N) is 3. The molecule has 0 bridgehead atoms. The number of hydrogen-bond acceptors (Lipinski definition) is 5. The van der Waals surface area contributed by atoms with Crippen molar-refractivity contribution in [3.8, 4) is 11.3 Å². The maximum Gasteiger partial charge on any atom is 0.269 e. The molecule has 29 heavy (non-hydrogen) atoms. The molecule has 1 aliphatic rings. The third-order valence-corrected chi connectivity index (χ3v) is 5.65. The van der Waals surface area contributed by atoms with Gasteiger partial charge in [-0.05, 0) is 48.5 Å². The van der Waals surface area contributed by atoms with E-state index in [1.807, 2.05) is 36.4 Å². The molecule has 0 spiro atoms. The maximum atomic E-state index is 10.8. The quantitative estimate of drug-likeness (QED) is 0.331. The minimum Gasteiger partial charge on any atom is -0.454 e. The zero-order valence-corrected chi connectivity index (χ0v) is 17.0. The van der Waals surface area contributed by atoms with Gasteiger partial charge in [-0.2, -0.15) is 0 Å². The molecule has 148 valence electrons. The first-order valence-electron chi connectivity index (χ1n) is 9.16. The van der Waals surface area contributed by atoms with Gasteiger partial charge in [-0.15, -0.1) is 0 Å². The second-order valence-electron chi connectivity index (χ2n) is 6.72. The van der Waals surface area contributed by atoms with Gasteiger partial charge in [-0.3, -0.25) is 10.1 Å². The van der Waals surface area contributed by atoms with E-state index in [4.69, 9.17) is 28.2 Å². The summed E-state index contributed by atoms with van der Waals surface area (Å²) in [5, 5.41) is 11.5. The molecule has 0 N–H and O–H groups in total. The van der Waals surface area contributed by atoms with E-state index in [-0.39, 0.29) is 5.69 Å². The molecule has 2 heterocycles. The van der Waals surface area contributed by atoms with Gasteiger partial charge in [-0.1, -0.05) is 23.8 Å². The molecule has 1 aliphatic heterocycles. The molecule has 6 nitrogen and oxygen atoms in total. The number of non-ortho nitro benzene ring substituents is 1. The van der Waals surface area contributed by atoms with Crippen molar-refractivity contribution >= 4 is 40.2 Å². The number of anilines is 1. The summed E-state index contributed by atoms with van der Waals surface area (Å²) in [6.45, 7) is 3.32. The van der Waals surface area contributed by atoms with Gasteiger partial charge in [0.2, 0.25) is 0 Å². The van der Waals surface area contributed by atoms with Crippen LogP contribution in [0.3, 0.4) is 0 Å². The van der Waals surface area contributed by atoms with E-state index in [0.29, 0.717) is 16.5 Å². The summed E-state index contributed by atoms with van der Waals surface area (Å²) < 4.78 is 5.93. The van der Waals surface area contributed by atoms with Crippen molar-refractivity contribution in [1.29, 1.82) is 0 Å². The van der Waals surface area contributed by atoms with Crippen LogP contribution in [0.5, 0.6) is 0 Å². The van der Waals surface area contributed by atoms with E-state index in [0.717, 1.165) is 42.5 Å². The minimum absolute atomic E-state index is 0.0506. The average molecular weight is 428 g/mol.